The number of non-ortho nitro benzene ring substituents is 1. The molecule has 1 aromatic heterocycles. The van der Waals surface area contributed by atoms with Crippen molar-refractivity contribution in [3.05, 3.63) is 123 Å². The number of benzene rings is 3. The lowest BCUT2D eigenvalue weighted by atomic mass is 9.55. The molecule has 1 aliphatic heterocycles. The Kier molecular flexibility index (Phi) is 5.08. The fraction of sp³-hybridized carbons (Fsp3) is 0.133. The highest BCUT2D eigenvalue weighted by molar-refractivity contribution is 6.08. The quantitative estimate of drug-likeness (QED) is 0.168. The van der Waals surface area contributed by atoms with Gasteiger partial charge in [-0.3, -0.25) is 19.7 Å². The van der Waals surface area contributed by atoms with Gasteiger partial charge in [0.2, 0.25) is 0 Å². The first-order valence-electron chi connectivity index (χ1n) is 12.6. The van der Waals surface area contributed by atoms with E-state index < -0.39 is 22.7 Å². The highest BCUT2D eigenvalue weighted by Crippen LogP contribution is 2.60. The van der Waals surface area contributed by atoms with Crippen LogP contribution in [-0.2, 0) is 9.59 Å². The molecule has 196 valence electrons. The third-order valence-corrected chi connectivity index (χ3v) is 8.06. The van der Waals surface area contributed by atoms with Gasteiger partial charge in [0, 0.05) is 29.5 Å². The smallest absolute Gasteiger partial charge is 0.336 e. The van der Waals surface area contributed by atoms with Crippen LogP contribution in [-0.4, -0.2) is 39.0 Å². The van der Waals surface area contributed by atoms with Gasteiger partial charge >= 0.3 is 5.97 Å². The number of nitro benzene ring substituents is 1. The molecule has 3 aliphatic carbocycles. The molecule has 4 aromatic rings. The third kappa shape index (κ3) is 3.29. The van der Waals surface area contributed by atoms with E-state index in [9.17, 15) is 29.6 Å². The molecule has 40 heavy (non-hydrogen) atoms. The summed E-state index contributed by atoms with van der Waals surface area (Å²) in [5.41, 5.74) is 3.74. The van der Waals surface area contributed by atoms with Crippen LogP contribution in [0.3, 0.4) is 0 Å². The number of hydrogen-bond donors (Lipinski definition) is 1. The second-order valence-corrected chi connectivity index (χ2v) is 9.99. The summed E-state index contributed by atoms with van der Waals surface area (Å²) >= 11 is 0. The van der Waals surface area contributed by atoms with Gasteiger partial charge in [0.1, 0.15) is 11.5 Å². The average Bonchev–Trinajstić information content (AvgIpc) is 3.54. The number of nitro groups is 1. The third-order valence-electron chi connectivity index (χ3n) is 8.06. The Hall–Kier alpha value is -5.38. The molecule has 10 heteroatoms. The van der Waals surface area contributed by atoms with Crippen molar-refractivity contribution >= 4 is 29.7 Å². The average molecular weight is 533 g/mol. The molecule has 1 fully saturated rings. The highest BCUT2D eigenvalue weighted by atomic mass is 16.6. The van der Waals surface area contributed by atoms with Gasteiger partial charge in [-0.2, -0.15) is 10.1 Å². The van der Waals surface area contributed by atoms with Crippen molar-refractivity contribution in [3.63, 3.8) is 0 Å². The van der Waals surface area contributed by atoms with Gasteiger partial charge in [-0.25, -0.2) is 4.79 Å². The van der Waals surface area contributed by atoms with Crippen LogP contribution < -0.4 is 0 Å². The minimum atomic E-state index is -1.35. The Balaban J connectivity index is 1.21. The van der Waals surface area contributed by atoms with E-state index in [1.165, 1.54) is 30.5 Å². The Bertz CT molecular complexity index is 1690. The van der Waals surface area contributed by atoms with Gasteiger partial charge in [0.05, 0.1) is 28.5 Å². The number of nitrogens with zero attached hydrogens (tertiary/aromatic N) is 3. The van der Waals surface area contributed by atoms with E-state index in [0.29, 0.717) is 0 Å². The predicted molar refractivity (Wildman–Crippen MR) is 141 cm³/mol. The first-order valence-corrected chi connectivity index (χ1v) is 12.6. The summed E-state index contributed by atoms with van der Waals surface area (Å²) < 4.78 is 5.73. The van der Waals surface area contributed by atoms with Gasteiger partial charge in [-0.15, -0.1) is 0 Å². The van der Waals surface area contributed by atoms with E-state index >= 15 is 0 Å². The first-order chi connectivity index (χ1) is 19.3. The van der Waals surface area contributed by atoms with Gasteiger partial charge in [-0.1, -0.05) is 48.5 Å². The molecule has 10 nitrogen and oxygen atoms in total. The van der Waals surface area contributed by atoms with E-state index in [4.69, 9.17) is 4.42 Å². The fourth-order valence-corrected chi connectivity index (χ4v) is 6.49. The monoisotopic (exact) mass is 533 g/mol. The lowest BCUT2D eigenvalue weighted by Gasteiger charge is -2.45. The first kappa shape index (κ1) is 23.7. The van der Waals surface area contributed by atoms with Crippen molar-refractivity contribution in [2.75, 3.05) is 0 Å². The van der Waals surface area contributed by atoms with Crippen LogP contribution in [0.25, 0.3) is 11.3 Å². The van der Waals surface area contributed by atoms with E-state index in [-0.39, 0.29) is 52.0 Å². The van der Waals surface area contributed by atoms with E-state index in [1.54, 1.807) is 0 Å². The molecule has 0 saturated carbocycles. The molecule has 0 unspecified atom stereocenters. The molecule has 8 rings (SSSR count). The van der Waals surface area contributed by atoms with Crippen LogP contribution in [0.2, 0.25) is 0 Å². The van der Waals surface area contributed by atoms with Crippen LogP contribution in [0.1, 0.15) is 50.2 Å². The number of imide groups is 1. The number of carboxylic acid groups (broad SMARTS) is 1. The molecule has 1 saturated heterocycles. The summed E-state index contributed by atoms with van der Waals surface area (Å²) in [6, 6.07) is 22.3. The summed E-state index contributed by atoms with van der Waals surface area (Å²) in [7, 11) is 0. The number of amides is 2. The zero-order valence-corrected chi connectivity index (χ0v) is 20.6. The summed E-state index contributed by atoms with van der Waals surface area (Å²) in [5, 5.41) is 25.8. The number of hydrazone groups is 1. The number of hydrogen-bond acceptors (Lipinski definition) is 7. The molecule has 0 spiro atoms. The number of aromatic carboxylic acids is 1. The zero-order valence-electron chi connectivity index (χ0n) is 20.6. The number of carboxylic acids is 1. The van der Waals surface area contributed by atoms with E-state index in [1.807, 2.05) is 48.5 Å². The predicted octanol–water partition coefficient (Wildman–Crippen LogP) is 4.78. The van der Waals surface area contributed by atoms with E-state index in [2.05, 4.69) is 5.10 Å². The molecule has 1 N–H and O–H groups in total. The summed E-state index contributed by atoms with van der Waals surface area (Å²) in [6.45, 7) is 0. The Labute approximate surface area is 226 Å². The SMILES string of the molecule is O=C(O)c1cc([N+](=O)[O-])ccc1-c1ccc(/C=N\N2C(=O)[C@@H]3C4c5ccccc5C(c5ccccc54)[C@H]3C2=O)o1. The lowest BCUT2D eigenvalue weighted by molar-refractivity contribution is -0.384. The molecule has 0 radical (unpaired) electrons. The van der Waals surface area contributed by atoms with Crippen LogP contribution in [0.4, 0.5) is 5.69 Å². The summed E-state index contributed by atoms with van der Waals surface area (Å²) in [5.74, 6) is -3.40. The van der Waals surface area contributed by atoms with Crippen LogP contribution >= 0.6 is 0 Å². The van der Waals surface area contributed by atoms with Crippen LogP contribution in [0.15, 0.2) is 88.4 Å². The van der Waals surface area contributed by atoms with Crippen molar-refractivity contribution in [3.8, 4) is 11.3 Å². The van der Waals surface area contributed by atoms with Crippen LogP contribution in [0.5, 0.6) is 0 Å². The Morgan fingerprint density at radius 3 is 1.93 bits per heavy atom. The van der Waals surface area contributed by atoms with Gasteiger partial charge in [0.25, 0.3) is 17.5 Å². The van der Waals surface area contributed by atoms with Crippen molar-refractivity contribution in [1.29, 1.82) is 0 Å². The van der Waals surface area contributed by atoms with Gasteiger partial charge in [-0.05, 0) is 40.5 Å². The van der Waals surface area contributed by atoms with E-state index in [0.717, 1.165) is 33.3 Å². The van der Waals surface area contributed by atoms with Crippen molar-refractivity contribution in [1.82, 2.24) is 5.01 Å². The normalized spacial score (nSPS) is 22.4. The largest absolute Gasteiger partial charge is 0.478 e. The number of rotatable bonds is 5. The highest BCUT2D eigenvalue weighted by Gasteiger charge is 2.61. The molecule has 2 amide bonds. The number of furan rings is 1. The Morgan fingerprint density at radius 2 is 1.43 bits per heavy atom. The molecular formula is C30H19N3O7. The topological polar surface area (TPSA) is 143 Å². The lowest BCUT2D eigenvalue weighted by Crippen LogP contribution is -2.41. The maximum Gasteiger partial charge on any atom is 0.336 e. The standard InChI is InChI=1S/C30H19N3O7/c34-28-26-24-18-5-1-2-6-19(18)25(21-8-4-3-7-20(21)24)27(26)29(35)32(28)31-14-16-10-12-23(40-16)17-11-9-15(33(38)39)13-22(17)30(36)37/h1-14,24-27H,(H,36,37)/b31-14-/t24?,25?,26-,27-/m1/s1. The fourth-order valence-electron chi connectivity index (χ4n) is 6.49. The minimum absolute atomic E-state index is 0.143. The van der Waals surface area contributed by atoms with Crippen molar-refractivity contribution < 1.29 is 28.8 Å². The maximum absolute atomic E-state index is 13.7. The number of carbonyl (C=O) groups is 3. The molecule has 2 bridgehead atoms. The van der Waals surface area contributed by atoms with Crippen molar-refractivity contribution in [2.24, 2.45) is 16.9 Å². The molecule has 4 aliphatic rings. The van der Waals surface area contributed by atoms with Gasteiger partial charge in [0.15, 0.2) is 0 Å². The second kappa shape index (κ2) is 8.57. The molecule has 2 heterocycles. The van der Waals surface area contributed by atoms with Crippen molar-refractivity contribution in [2.45, 2.75) is 11.8 Å². The molecule has 2 atom stereocenters. The zero-order chi connectivity index (χ0) is 27.7. The minimum Gasteiger partial charge on any atom is -0.478 e. The number of carbonyl (C=O) groups excluding carboxylic acids is 2. The Morgan fingerprint density at radius 1 is 0.875 bits per heavy atom. The maximum atomic E-state index is 13.7. The second-order valence-electron chi connectivity index (χ2n) is 9.99. The summed E-state index contributed by atoms with van der Waals surface area (Å²) in [4.78, 5) is 49.4. The molecular weight excluding hydrogens is 514 g/mol. The van der Waals surface area contributed by atoms with Crippen LogP contribution in [0, 0.1) is 22.0 Å². The molecule has 3 aromatic carbocycles. The van der Waals surface area contributed by atoms with Gasteiger partial charge < -0.3 is 9.52 Å². The summed E-state index contributed by atoms with van der Waals surface area (Å²) in [6.07, 6.45) is 1.24.